The van der Waals surface area contributed by atoms with Gasteiger partial charge in [-0.25, -0.2) is 0 Å². The van der Waals surface area contributed by atoms with Crippen molar-refractivity contribution in [3.8, 4) is 10.6 Å². The second kappa shape index (κ2) is 12.4. The fourth-order valence-electron chi connectivity index (χ4n) is 6.38. The standard InChI is InChI=1S/C37H36N2O3SSi/c1-37(2,3)44(28-16-6-4-7-17-28,29-18-8-5-9-19-29)42-24-14-23-39-31-21-12-11-20-30(31)35(38-34(41)26-40)36(39)33-25-27-15-10-13-22-32(27)43-33/h4-13,15-22,25-26H,14,23-24H2,1-3H3,(H,38,41). The lowest BCUT2D eigenvalue weighted by Gasteiger charge is -2.43. The summed E-state index contributed by atoms with van der Waals surface area (Å²) in [6.07, 6.45) is 1.10. The molecule has 0 saturated carbocycles. The van der Waals surface area contributed by atoms with Gasteiger partial charge < -0.3 is 14.3 Å². The first-order chi connectivity index (χ1) is 21.3. The summed E-state index contributed by atoms with van der Waals surface area (Å²) >= 11 is 1.69. The molecule has 44 heavy (non-hydrogen) atoms. The van der Waals surface area contributed by atoms with E-state index in [9.17, 15) is 9.59 Å². The lowest BCUT2D eigenvalue weighted by Crippen LogP contribution is -2.66. The number of rotatable bonds is 10. The van der Waals surface area contributed by atoms with Crippen LogP contribution < -0.4 is 15.7 Å². The number of para-hydroxylation sites is 1. The molecule has 4 aromatic carbocycles. The molecule has 0 aliphatic heterocycles. The summed E-state index contributed by atoms with van der Waals surface area (Å²) in [7, 11) is -2.67. The molecule has 7 heteroatoms. The maximum Gasteiger partial charge on any atom is 0.288 e. The van der Waals surface area contributed by atoms with Crippen LogP contribution in [0.2, 0.25) is 5.04 Å². The minimum Gasteiger partial charge on any atom is -0.407 e. The summed E-state index contributed by atoms with van der Waals surface area (Å²) < 4.78 is 10.6. The highest BCUT2D eigenvalue weighted by molar-refractivity contribution is 7.22. The monoisotopic (exact) mass is 616 g/mol. The summed E-state index contributed by atoms with van der Waals surface area (Å²) in [5, 5.41) is 7.36. The Hall–Kier alpha value is -4.30. The number of thiophene rings is 1. The molecule has 2 aromatic heterocycles. The predicted molar refractivity (Wildman–Crippen MR) is 186 cm³/mol. The van der Waals surface area contributed by atoms with Crippen LogP contribution in [-0.2, 0) is 20.6 Å². The van der Waals surface area contributed by atoms with Crippen LogP contribution in [0.4, 0.5) is 5.69 Å². The van der Waals surface area contributed by atoms with Crippen molar-refractivity contribution in [2.45, 2.75) is 38.8 Å². The zero-order chi connectivity index (χ0) is 30.7. The minimum absolute atomic E-state index is 0.107. The number of aryl methyl sites for hydroxylation is 1. The molecule has 0 radical (unpaired) electrons. The number of aromatic nitrogens is 1. The topological polar surface area (TPSA) is 60.3 Å². The Labute approximate surface area is 263 Å². The lowest BCUT2D eigenvalue weighted by molar-refractivity contribution is -0.127. The molecule has 0 aliphatic carbocycles. The van der Waals surface area contributed by atoms with Gasteiger partial charge >= 0.3 is 0 Å². The fourth-order valence-corrected chi connectivity index (χ4v) is 12.1. The molecule has 0 saturated heterocycles. The van der Waals surface area contributed by atoms with Crippen LogP contribution in [0, 0.1) is 0 Å². The van der Waals surface area contributed by atoms with Gasteiger partial charge in [0.2, 0.25) is 6.29 Å². The van der Waals surface area contributed by atoms with Gasteiger partial charge in [-0.2, -0.15) is 0 Å². The first kappa shape index (κ1) is 29.8. The smallest absolute Gasteiger partial charge is 0.288 e. The van der Waals surface area contributed by atoms with E-state index in [1.807, 2.05) is 30.3 Å². The van der Waals surface area contributed by atoms with E-state index in [0.29, 0.717) is 25.1 Å². The number of carbonyl (C=O) groups excluding carboxylic acids is 2. The van der Waals surface area contributed by atoms with E-state index in [4.69, 9.17) is 4.43 Å². The Morgan fingerprint density at radius 3 is 2.11 bits per heavy atom. The summed E-state index contributed by atoms with van der Waals surface area (Å²) in [6, 6.07) is 39.9. The summed E-state index contributed by atoms with van der Waals surface area (Å²) in [5.41, 5.74) is 2.58. The van der Waals surface area contributed by atoms with Gasteiger partial charge in [0, 0.05) is 23.2 Å². The maximum absolute atomic E-state index is 12.4. The van der Waals surface area contributed by atoms with Crippen LogP contribution in [-0.4, -0.2) is 31.7 Å². The number of hydrogen-bond donors (Lipinski definition) is 1. The van der Waals surface area contributed by atoms with E-state index in [-0.39, 0.29) is 5.04 Å². The molecule has 0 bridgehead atoms. The predicted octanol–water partition coefficient (Wildman–Crippen LogP) is 7.63. The number of carbonyl (C=O) groups is 2. The minimum atomic E-state index is -2.67. The van der Waals surface area contributed by atoms with Crippen molar-refractivity contribution < 1.29 is 14.0 Å². The molecular formula is C37H36N2O3SSi. The van der Waals surface area contributed by atoms with E-state index >= 15 is 0 Å². The van der Waals surface area contributed by atoms with Gasteiger partial charge in [-0.3, -0.25) is 9.59 Å². The summed E-state index contributed by atoms with van der Waals surface area (Å²) in [6.45, 7) is 8.13. The zero-order valence-corrected chi connectivity index (χ0v) is 27.1. The number of anilines is 1. The number of aldehydes is 1. The quantitative estimate of drug-likeness (QED) is 0.0745. The van der Waals surface area contributed by atoms with Crippen molar-refractivity contribution in [3.63, 3.8) is 0 Å². The van der Waals surface area contributed by atoms with Crippen LogP contribution in [0.15, 0.2) is 115 Å². The third-order valence-electron chi connectivity index (χ3n) is 8.25. The molecule has 0 aliphatic rings. The Bertz CT molecular complexity index is 1850. The molecule has 6 aromatic rings. The highest BCUT2D eigenvalue weighted by Crippen LogP contribution is 2.43. The second-order valence-electron chi connectivity index (χ2n) is 12.0. The number of nitrogens with one attached hydrogen (secondary N) is 1. The van der Waals surface area contributed by atoms with E-state index in [0.717, 1.165) is 33.3 Å². The van der Waals surface area contributed by atoms with Gasteiger partial charge in [0.1, 0.15) is 0 Å². The Morgan fingerprint density at radius 1 is 0.864 bits per heavy atom. The van der Waals surface area contributed by atoms with Crippen LogP contribution in [0.1, 0.15) is 27.2 Å². The lowest BCUT2D eigenvalue weighted by atomic mass is 10.2. The van der Waals surface area contributed by atoms with Gasteiger partial charge in [-0.05, 0) is 45.4 Å². The van der Waals surface area contributed by atoms with E-state index in [2.05, 4.69) is 116 Å². The van der Waals surface area contributed by atoms with Crippen LogP contribution in [0.25, 0.3) is 31.6 Å². The van der Waals surface area contributed by atoms with Crippen molar-refractivity contribution in [1.82, 2.24) is 4.57 Å². The van der Waals surface area contributed by atoms with Gasteiger partial charge in [0.15, 0.2) is 0 Å². The normalized spacial score (nSPS) is 12.1. The van der Waals surface area contributed by atoms with Crippen molar-refractivity contribution in [2.75, 3.05) is 11.9 Å². The van der Waals surface area contributed by atoms with Gasteiger partial charge in [-0.1, -0.05) is 118 Å². The van der Waals surface area contributed by atoms with E-state index in [1.54, 1.807) is 11.3 Å². The summed E-state index contributed by atoms with van der Waals surface area (Å²) in [5.74, 6) is -0.662. The van der Waals surface area contributed by atoms with E-state index in [1.165, 1.54) is 15.1 Å². The molecule has 0 atom stereocenters. The average Bonchev–Trinajstić information content (AvgIpc) is 3.60. The van der Waals surface area contributed by atoms with Crippen molar-refractivity contribution in [2.24, 2.45) is 0 Å². The SMILES string of the molecule is CC(C)(C)[Si](OCCCn1c(-c2cc3ccccc3s2)c(NC(=O)C=O)c2ccccc21)(c1ccccc1)c1ccccc1. The number of fused-ring (bicyclic) bond motifs is 2. The highest BCUT2D eigenvalue weighted by Gasteiger charge is 2.50. The third kappa shape index (κ3) is 5.43. The second-order valence-corrected chi connectivity index (χ2v) is 17.4. The van der Waals surface area contributed by atoms with Crippen molar-refractivity contribution >= 4 is 68.9 Å². The molecule has 222 valence electrons. The third-order valence-corrected chi connectivity index (χ3v) is 14.4. The summed E-state index contributed by atoms with van der Waals surface area (Å²) in [4.78, 5) is 24.9. The molecule has 2 heterocycles. The zero-order valence-electron chi connectivity index (χ0n) is 25.2. The molecule has 1 N–H and O–H groups in total. The van der Waals surface area contributed by atoms with Crippen LogP contribution >= 0.6 is 11.3 Å². The van der Waals surface area contributed by atoms with E-state index < -0.39 is 14.2 Å². The Kier molecular flexibility index (Phi) is 8.36. The molecular weight excluding hydrogens is 581 g/mol. The highest BCUT2D eigenvalue weighted by atomic mass is 32.1. The number of amides is 1. The molecule has 1 amide bonds. The molecule has 5 nitrogen and oxygen atoms in total. The molecule has 0 spiro atoms. The van der Waals surface area contributed by atoms with Crippen LogP contribution in [0.3, 0.4) is 0 Å². The van der Waals surface area contributed by atoms with Gasteiger partial charge in [0.05, 0.1) is 21.8 Å². The fraction of sp³-hybridized carbons (Fsp3) is 0.189. The number of nitrogens with zero attached hydrogens (tertiary/aromatic N) is 1. The van der Waals surface area contributed by atoms with Crippen LogP contribution in [0.5, 0.6) is 0 Å². The number of hydrogen-bond acceptors (Lipinski definition) is 4. The molecule has 0 unspecified atom stereocenters. The maximum atomic E-state index is 12.4. The average molecular weight is 617 g/mol. The first-order valence-corrected chi connectivity index (χ1v) is 17.7. The van der Waals surface area contributed by atoms with Crippen molar-refractivity contribution in [3.05, 3.63) is 115 Å². The largest absolute Gasteiger partial charge is 0.407 e. The van der Waals surface area contributed by atoms with Gasteiger partial charge in [0.25, 0.3) is 14.2 Å². The number of benzene rings is 4. The van der Waals surface area contributed by atoms with Gasteiger partial charge in [-0.15, -0.1) is 11.3 Å². The van der Waals surface area contributed by atoms with Crippen molar-refractivity contribution in [1.29, 1.82) is 0 Å². The Morgan fingerprint density at radius 2 is 1.48 bits per heavy atom. The molecule has 6 rings (SSSR count). The first-order valence-electron chi connectivity index (χ1n) is 14.9. The molecule has 0 fully saturated rings. The Balaban J connectivity index is 1.40.